The minimum Gasteiger partial charge on any atom is -0.377 e. The lowest BCUT2D eigenvalue weighted by atomic mass is 9.95. The Balaban J connectivity index is 1.90. The Kier molecular flexibility index (Phi) is 2.25. The van der Waals surface area contributed by atoms with E-state index in [-0.39, 0.29) is 0 Å². The average Bonchev–Trinajstić information content (AvgIpc) is 2.29. The number of ether oxygens (including phenoxy) is 1. The first-order valence-electron chi connectivity index (χ1n) is 5.43. The second-order valence-electron chi connectivity index (χ2n) is 4.12. The molecule has 2 aliphatic rings. The smallest absolute Gasteiger partial charge is 0.228 e. The van der Waals surface area contributed by atoms with E-state index >= 15 is 0 Å². The normalized spacial score (nSPS) is 30.3. The molecule has 2 saturated heterocycles. The molecule has 15 heavy (non-hydrogen) atoms. The number of aromatic nitrogens is 3. The zero-order valence-electron chi connectivity index (χ0n) is 8.54. The molecule has 0 amide bonds. The Bertz CT molecular complexity index is 309. The quantitative estimate of drug-likeness (QED) is 0.674. The van der Waals surface area contributed by atoms with E-state index in [1.165, 1.54) is 19.3 Å². The van der Waals surface area contributed by atoms with Gasteiger partial charge in [-0.25, -0.2) is 15.0 Å². The van der Waals surface area contributed by atoms with E-state index in [1.807, 2.05) is 0 Å². The van der Waals surface area contributed by atoms with E-state index in [1.54, 1.807) is 12.7 Å². The van der Waals surface area contributed by atoms with Crippen molar-refractivity contribution in [1.29, 1.82) is 0 Å². The number of hydrogen-bond acceptors (Lipinski definition) is 5. The zero-order chi connectivity index (χ0) is 10.1. The Morgan fingerprint density at radius 1 is 1.13 bits per heavy atom. The molecule has 2 aliphatic heterocycles. The lowest BCUT2D eigenvalue weighted by Gasteiger charge is -2.45. The first-order chi connectivity index (χ1) is 7.45. The van der Waals surface area contributed by atoms with Crippen LogP contribution in [0.3, 0.4) is 0 Å². The van der Waals surface area contributed by atoms with Crippen LogP contribution in [0.2, 0.25) is 0 Å². The van der Waals surface area contributed by atoms with Crippen LogP contribution in [0.4, 0.5) is 5.95 Å². The van der Waals surface area contributed by atoms with Gasteiger partial charge in [-0.1, -0.05) is 0 Å². The highest BCUT2D eigenvalue weighted by atomic mass is 16.5. The van der Waals surface area contributed by atoms with Gasteiger partial charge in [-0.3, -0.25) is 0 Å². The molecule has 0 N–H and O–H groups in total. The molecule has 0 radical (unpaired) electrons. The number of hydrogen-bond donors (Lipinski definition) is 0. The van der Waals surface area contributed by atoms with Gasteiger partial charge in [0.15, 0.2) is 0 Å². The van der Waals surface area contributed by atoms with Gasteiger partial charge in [0.05, 0.1) is 25.3 Å². The van der Waals surface area contributed by atoms with E-state index in [9.17, 15) is 0 Å². The first kappa shape index (κ1) is 9.03. The lowest BCUT2D eigenvalue weighted by molar-refractivity contribution is 0.0452. The highest BCUT2D eigenvalue weighted by molar-refractivity contribution is 5.34. The molecule has 2 atom stereocenters. The van der Waals surface area contributed by atoms with Crippen LogP contribution in [0.1, 0.15) is 19.3 Å². The molecule has 3 heterocycles. The number of morpholine rings is 1. The summed E-state index contributed by atoms with van der Waals surface area (Å²) in [4.78, 5) is 14.6. The van der Waals surface area contributed by atoms with E-state index in [0.717, 1.165) is 19.2 Å². The van der Waals surface area contributed by atoms with Gasteiger partial charge in [0.1, 0.15) is 12.7 Å². The highest BCUT2D eigenvalue weighted by Crippen LogP contribution is 2.29. The molecule has 5 heteroatoms. The summed E-state index contributed by atoms with van der Waals surface area (Å²) in [7, 11) is 0. The molecule has 0 saturated carbocycles. The summed E-state index contributed by atoms with van der Waals surface area (Å²) in [6.45, 7) is 1.62. The van der Waals surface area contributed by atoms with Crippen LogP contribution in [0, 0.1) is 0 Å². The summed E-state index contributed by atoms with van der Waals surface area (Å²) in [6.07, 6.45) is 6.78. The van der Waals surface area contributed by atoms with Gasteiger partial charge in [0.25, 0.3) is 0 Å². The molecule has 2 unspecified atom stereocenters. The number of anilines is 1. The van der Waals surface area contributed by atoms with E-state index in [0.29, 0.717) is 12.1 Å². The second kappa shape index (κ2) is 3.73. The third kappa shape index (κ3) is 1.56. The molecule has 2 bridgehead atoms. The highest BCUT2D eigenvalue weighted by Gasteiger charge is 2.35. The molecule has 0 aromatic carbocycles. The van der Waals surface area contributed by atoms with Crippen LogP contribution in [-0.2, 0) is 4.74 Å². The van der Waals surface area contributed by atoms with Crippen LogP contribution < -0.4 is 4.90 Å². The summed E-state index contributed by atoms with van der Waals surface area (Å²) >= 11 is 0. The minimum absolute atomic E-state index is 0.458. The average molecular weight is 206 g/mol. The van der Waals surface area contributed by atoms with Gasteiger partial charge in [0, 0.05) is 0 Å². The van der Waals surface area contributed by atoms with Crippen molar-refractivity contribution in [3.05, 3.63) is 12.7 Å². The molecule has 3 rings (SSSR count). The number of piperidine rings is 1. The second-order valence-corrected chi connectivity index (χ2v) is 4.12. The summed E-state index contributed by atoms with van der Waals surface area (Å²) in [5, 5.41) is 0. The van der Waals surface area contributed by atoms with E-state index in [2.05, 4.69) is 19.9 Å². The molecule has 2 fully saturated rings. The Labute approximate surface area is 88.5 Å². The fourth-order valence-electron chi connectivity index (χ4n) is 2.53. The van der Waals surface area contributed by atoms with Crippen molar-refractivity contribution < 1.29 is 4.74 Å². The van der Waals surface area contributed by atoms with Crippen LogP contribution in [0.15, 0.2) is 12.7 Å². The van der Waals surface area contributed by atoms with Crippen LogP contribution in [-0.4, -0.2) is 40.2 Å². The van der Waals surface area contributed by atoms with Crippen LogP contribution in [0.5, 0.6) is 0 Å². The molecule has 1 aromatic heterocycles. The Morgan fingerprint density at radius 2 is 1.80 bits per heavy atom. The van der Waals surface area contributed by atoms with Gasteiger partial charge in [0.2, 0.25) is 5.95 Å². The van der Waals surface area contributed by atoms with Gasteiger partial charge < -0.3 is 9.64 Å². The fourth-order valence-corrected chi connectivity index (χ4v) is 2.53. The summed E-state index contributed by atoms with van der Waals surface area (Å²) in [5.74, 6) is 0.808. The Morgan fingerprint density at radius 3 is 2.47 bits per heavy atom. The molecule has 1 aromatic rings. The summed E-state index contributed by atoms with van der Waals surface area (Å²) in [6, 6.07) is 0.916. The fraction of sp³-hybridized carbons (Fsp3) is 0.700. The molecule has 0 spiro atoms. The van der Waals surface area contributed by atoms with Crippen molar-refractivity contribution in [2.24, 2.45) is 0 Å². The van der Waals surface area contributed by atoms with Crippen molar-refractivity contribution >= 4 is 5.95 Å². The molecule has 5 nitrogen and oxygen atoms in total. The van der Waals surface area contributed by atoms with E-state index in [4.69, 9.17) is 4.74 Å². The first-order valence-corrected chi connectivity index (χ1v) is 5.43. The summed E-state index contributed by atoms with van der Waals surface area (Å²) < 4.78 is 5.58. The number of rotatable bonds is 1. The molecular weight excluding hydrogens is 192 g/mol. The molecular formula is C10H14N4O. The molecule has 80 valence electrons. The van der Waals surface area contributed by atoms with Crippen molar-refractivity contribution in [1.82, 2.24) is 15.0 Å². The van der Waals surface area contributed by atoms with Gasteiger partial charge in [-0.05, 0) is 19.3 Å². The standard InChI is InChI=1S/C10H14N4O/c1-2-8-4-15-5-9(3-1)14(8)10-12-6-11-7-13-10/h6-9H,1-5H2. The van der Waals surface area contributed by atoms with E-state index < -0.39 is 0 Å². The minimum atomic E-state index is 0.458. The van der Waals surface area contributed by atoms with Crippen molar-refractivity contribution in [2.45, 2.75) is 31.3 Å². The maximum absolute atomic E-state index is 5.58. The van der Waals surface area contributed by atoms with Gasteiger partial charge >= 0.3 is 0 Å². The van der Waals surface area contributed by atoms with Gasteiger partial charge in [-0.2, -0.15) is 0 Å². The monoisotopic (exact) mass is 206 g/mol. The molecule has 0 aliphatic carbocycles. The van der Waals surface area contributed by atoms with Crippen molar-refractivity contribution in [2.75, 3.05) is 18.1 Å². The summed E-state index contributed by atoms with van der Waals surface area (Å²) in [5.41, 5.74) is 0. The maximum atomic E-state index is 5.58. The van der Waals surface area contributed by atoms with Crippen LogP contribution >= 0.6 is 0 Å². The predicted molar refractivity (Wildman–Crippen MR) is 54.6 cm³/mol. The maximum Gasteiger partial charge on any atom is 0.228 e. The van der Waals surface area contributed by atoms with Crippen LogP contribution in [0.25, 0.3) is 0 Å². The topological polar surface area (TPSA) is 51.1 Å². The zero-order valence-corrected chi connectivity index (χ0v) is 8.54. The van der Waals surface area contributed by atoms with Crippen molar-refractivity contribution in [3.8, 4) is 0 Å². The van der Waals surface area contributed by atoms with Gasteiger partial charge in [-0.15, -0.1) is 0 Å². The predicted octanol–water partition coefficient (Wildman–Crippen LogP) is 0.629. The lowest BCUT2D eigenvalue weighted by Crippen LogP contribution is -2.55. The third-order valence-corrected chi connectivity index (χ3v) is 3.19. The van der Waals surface area contributed by atoms with Crippen molar-refractivity contribution in [3.63, 3.8) is 0 Å². The number of fused-ring (bicyclic) bond motifs is 2. The SMILES string of the molecule is c1ncnc(N2C3CCCC2COC3)n1. The largest absolute Gasteiger partial charge is 0.377 e. The Hall–Kier alpha value is -1.23. The third-order valence-electron chi connectivity index (χ3n) is 3.19. The number of nitrogens with zero attached hydrogens (tertiary/aromatic N) is 4.